The van der Waals surface area contributed by atoms with Crippen LogP contribution in [0, 0.1) is 0 Å². The molecule has 0 aromatic heterocycles. The zero-order valence-corrected chi connectivity index (χ0v) is 9.52. The van der Waals surface area contributed by atoms with Crippen LogP contribution in [0.4, 0.5) is 0 Å². The molecule has 2 aromatic rings. The molecule has 3 rings (SSSR count). The summed E-state index contributed by atoms with van der Waals surface area (Å²) in [6.07, 6.45) is 4.10. The van der Waals surface area contributed by atoms with Crippen LogP contribution >= 0.6 is 0 Å². The van der Waals surface area contributed by atoms with Gasteiger partial charge in [-0.25, -0.2) is 0 Å². The highest BCUT2D eigenvalue weighted by atomic mass is 16.3. The van der Waals surface area contributed by atoms with Crippen LogP contribution in [0.2, 0.25) is 0 Å². The Morgan fingerprint density at radius 1 is 1.06 bits per heavy atom. The van der Waals surface area contributed by atoms with E-state index in [1.54, 1.807) is 12.1 Å². The third-order valence-corrected chi connectivity index (χ3v) is 3.87. The molecule has 1 saturated carbocycles. The Morgan fingerprint density at radius 2 is 1.82 bits per heavy atom. The maximum atomic E-state index is 11.3. The predicted octanol–water partition coefficient (Wildman–Crippen LogP) is 3.17. The van der Waals surface area contributed by atoms with Gasteiger partial charge in [0.05, 0.1) is 5.41 Å². The number of phenolic OH excluding ortho intramolecular Hbond substituents is 1. The number of phenols is 1. The Hall–Kier alpha value is -1.83. The summed E-state index contributed by atoms with van der Waals surface area (Å²) in [5.74, 6) is 0.267. The Kier molecular flexibility index (Phi) is 2.18. The van der Waals surface area contributed by atoms with Gasteiger partial charge in [-0.15, -0.1) is 0 Å². The van der Waals surface area contributed by atoms with Gasteiger partial charge < -0.3 is 9.90 Å². The molecular weight excluding hydrogens is 212 g/mol. The zero-order valence-electron chi connectivity index (χ0n) is 9.52. The van der Waals surface area contributed by atoms with E-state index in [0.29, 0.717) is 0 Å². The Morgan fingerprint density at radius 3 is 2.47 bits per heavy atom. The van der Waals surface area contributed by atoms with Crippen LogP contribution in [0.5, 0.6) is 5.75 Å². The molecule has 0 spiro atoms. The number of carbonyl (C=O) groups is 1. The molecule has 86 valence electrons. The van der Waals surface area contributed by atoms with E-state index >= 15 is 0 Å². The topological polar surface area (TPSA) is 37.3 Å². The van der Waals surface area contributed by atoms with Crippen LogP contribution in [-0.2, 0) is 10.2 Å². The van der Waals surface area contributed by atoms with Crippen molar-refractivity contribution in [3.05, 3.63) is 42.0 Å². The molecule has 0 aliphatic heterocycles. The van der Waals surface area contributed by atoms with E-state index in [0.717, 1.165) is 41.9 Å². The summed E-state index contributed by atoms with van der Waals surface area (Å²) in [6.45, 7) is 0. The third kappa shape index (κ3) is 1.52. The number of carbonyl (C=O) groups excluding carboxylic acids is 1. The van der Waals surface area contributed by atoms with Crippen molar-refractivity contribution in [3.8, 4) is 5.75 Å². The van der Waals surface area contributed by atoms with Crippen molar-refractivity contribution in [1.29, 1.82) is 0 Å². The molecule has 0 radical (unpaired) electrons. The van der Waals surface area contributed by atoms with Gasteiger partial charge in [-0.2, -0.15) is 0 Å². The zero-order chi connectivity index (χ0) is 11.9. The van der Waals surface area contributed by atoms with E-state index in [1.165, 1.54) is 0 Å². The number of fused-ring (bicyclic) bond motifs is 1. The van der Waals surface area contributed by atoms with Crippen molar-refractivity contribution < 1.29 is 9.90 Å². The van der Waals surface area contributed by atoms with Crippen LogP contribution in [0.15, 0.2) is 36.4 Å². The highest BCUT2D eigenvalue weighted by molar-refractivity contribution is 5.86. The highest BCUT2D eigenvalue weighted by Crippen LogP contribution is 2.42. The average Bonchev–Trinajstić information content (AvgIpc) is 2.28. The molecule has 2 heteroatoms. The third-order valence-electron chi connectivity index (χ3n) is 3.87. The second-order valence-electron chi connectivity index (χ2n) is 4.87. The van der Waals surface area contributed by atoms with Gasteiger partial charge in [0.25, 0.3) is 0 Å². The lowest BCUT2D eigenvalue weighted by Gasteiger charge is -2.37. The van der Waals surface area contributed by atoms with Crippen LogP contribution in [0.25, 0.3) is 10.8 Å². The molecule has 1 fully saturated rings. The second kappa shape index (κ2) is 3.59. The molecule has 17 heavy (non-hydrogen) atoms. The van der Waals surface area contributed by atoms with Crippen LogP contribution in [0.1, 0.15) is 24.8 Å². The van der Waals surface area contributed by atoms with Gasteiger partial charge in [-0.3, -0.25) is 0 Å². The number of rotatable bonds is 2. The molecular formula is C15H14O2. The minimum Gasteiger partial charge on any atom is -0.508 e. The fourth-order valence-corrected chi connectivity index (χ4v) is 2.58. The fraction of sp³-hybridized carbons (Fsp3) is 0.267. The SMILES string of the molecule is O=CC1(c2ccc3ccc(O)cc3c2)CCC1. The minimum atomic E-state index is -0.264. The first-order valence-electron chi connectivity index (χ1n) is 5.93. The normalized spacial score (nSPS) is 17.6. The minimum absolute atomic E-state index is 0.264. The van der Waals surface area contributed by atoms with Gasteiger partial charge in [-0.05, 0) is 41.3 Å². The van der Waals surface area contributed by atoms with Crippen molar-refractivity contribution in [1.82, 2.24) is 0 Å². The van der Waals surface area contributed by atoms with Gasteiger partial charge in [-0.1, -0.05) is 30.7 Å². The largest absolute Gasteiger partial charge is 0.508 e. The predicted molar refractivity (Wildman–Crippen MR) is 67.2 cm³/mol. The van der Waals surface area contributed by atoms with Gasteiger partial charge in [0.2, 0.25) is 0 Å². The molecule has 0 atom stereocenters. The molecule has 2 nitrogen and oxygen atoms in total. The van der Waals surface area contributed by atoms with Crippen molar-refractivity contribution in [3.63, 3.8) is 0 Å². The summed E-state index contributed by atoms with van der Waals surface area (Å²) in [5, 5.41) is 11.6. The van der Waals surface area contributed by atoms with E-state index in [9.17, 15) is 9.90 Å². The summed E-state index contributed by atoms with van der Waals surface area (Å²) in [4.78, 5) is 11.3. The lowest BCUT2D eigenvalue weighted by atomic mass is 9.65. The average molecular weight is 226 g/mol. The van der Waals surface area contributed by atoms with E-state index < -0.39 is 0 Å². The Balaban J connectivity index is 2.15. The molecule has 0 unspecified atom stereocenters. The van der Waals surface area contributed by atoms with E-state index in [4.69, 9.17) is 0 Å². The maximum Gasteiger partial charge on any atom is 0.130 e. The molecule has 2 aromatic carbocycles. The van der Waals surface area contributed by atoms with E-state index in [-0.39, 0.29) is 11.2 Å². The summed E-state index contributed by atoms with van der Waals surface area (Å²) < 4.78 is 0. The Bertz CT molecular complexity index is 582. The van der Waals surface area contributed by atoms with E-state index in [1.807, 2.05) is 24.3 Å². The first-order valence-corrected chi connectivity index (χ1v) is 5.93. The van der Waals surface area contributed by atoms with E-state index in [2.05, 4.69) is 0 Å². The van der Waals surface area contributed by atoms with Crippen molar-refractivity contribution in [2.24, 2.45) is 0 Å². The molecule has 0 saturated heterocycles. The molecule has 0 heterocycles. The van der Waals surface area contributed by atoms with Gasteiger partial charge >= 0.3 is 0 Å². The van der Waals surface area contributed by atoms with Crippen molar-refractivity contribution >= 4 is 17.1 Å². The van der Waals surface area contributed by atoms with Crippen LogP contribution in [-0.4, -0.2) is 11.4 Å². The summed E-state index contributed by atoms with van der Waals surface area (Å²) in [7, 11) is 0. The number of hydrogen-bond acceptors (Lipinski definition) is 2. The lowest BCUT2D eigenvalue weighted by Crippen LogP contribution is -2.35. The highest BCUT2D eigenvalue weighted by Gasteiger charge is 2.38. The second-order valence-corrected chi connectivity index (χ2v) is 4.87. The van der Waals surface area contributed by atoms with Gasteiger partial charge in [0.15, 0.2) is 0 Å². The van der Waals surface area contributed by atoms with Crippen molar-refractivity contribution in [2.45, 2.75) is 24.7 Å². The lowest BCUT2D eigenvalue weighted by molar-refractivity contribution is -0.115. The molecule has 0 amide bonds. The van der Waals surface area contributed by atoms with Crippen LogP contribution in [0.3, 0.4) is 0 Å². The maximum absolute atomic E-state index is 11.3. The fourth-order valence-electron chi connectivity index (χ4n) is 2.58. The van der Waals surface area contributed by atoms with Crippen molar-refractivity contribution in [2.75, 3.05) is 0 Å². The Labute approximate surface area is 99.9 Å². The smallest absolute Gasteiger partial charge is 0.130 e. The van der Waals surface area contributed by atoms with Crippen LogP contribution < -0.4 is 0 Å². The quantitative estimate of drug-likeness (QED) is 0.798. The number of aromatic hydroxyl groups is 1. The first-order chi connectivity index (χ1) is 8.23. The summed E-state index contributed by atoms with van der Waals surface area (Å²) >= 11 is 0. The number of benzene rings is 2. The first kappa shape index (κ1) is 10.3. The molecule has 1 aliphatic carbocycles. The number of hydrogen-bond donors (Lipinski definition) is 1. The summed E-state index contributed by atoms with van der Waals surface area (Å²) in [5.41, 5.74) is 0.816. The molecule has 0 bridgehead atoms. The number of aldehydes is 1. The summed E-state index contributed by atoms with van der Waals surface area (Å²) in [6, 6.07) is 11.4. The monoisotopic (exact) mass is 226 g/mol. The molecule has 1 aliphatic rings. The standard InChI is InChI=1S/C15H14O2/c16-10-15(6-1-7-15)13-4-2-11-3-5-14(17)9-12(11)8-13/h2-5,8-10,17H,1,6-7H2. The van der Waals surface area contributed by atoms with Gasteiger partial charge in [0, 0.05) is 0 Å². The van der Waals surface area contributed by atoms with Gasteiger partial charge in [0.1, 0.15) is 12.0 Å². The molecule has 1 N–H and O–H groups in total.